The molecule has 0 fully saturated rings. The number of methoxy groups -OCH3 is 1. The van der Waals surface area contributed by atoms with Gasteiger partial charge in [0, 0.05) is 10.6 Å². The van der Waals surface area contributed by atoms with E-state index >= 15 is 0 Å². The molecule has 0 amide bonds. The number of rotatable bonds is 3. The Bertz CT molecular complexity index is 644. The molecular weight excluding hydrogens is 286 g/mol. The Morgan fingerprint density at radius 2 is 1.90 bits per heavy atom. The minimum absolute atomic E-state index is 0.0251. The molecule has 0 saturated carbocycles. The quantitative estimate of drug-likeness (QED) is 0.927. The van der Waals surface area contributed by atoms with E-state index in [1.807, 2.05) is 0 Å². The van der Waals surface area contributed by atoms with E-state index in [0.29, 0.717) is 5.56 Å². The smallest absolute Gasteiger partial charge is 0.133 e. The van der Waals surface area contributed by atoms with E-state index in [0.717, 1.165) is 6.07 Å². The van der Waals surface area contributed by atoms with Gasteiger partial charge in [-0.15, -0.1) is 0 Å². The number of aliphatic hydroxyl groups is 1. The van der Waals surface area contributed by atoms with Gasteiger partial charge >= 0.3 is 0 Å². The monoisotopic (exact) mass is 298 g/mol. The second-order valence-electron chi connectivity index (χ2n) is 4.38. The maximum absolute atomic E-state index is 13.9. The summed E-state index contributed by atoms with van der Waals surface area (Å²) in [7, 11) is 1.38. The summed E-state index contributed by atoms with van der Waals surface area (Å²) < 4.78 is 32.4. The van der Waals surface area contributed by atoms with E-state index in [1.54, 1.807) is 6.92 Å². The van der Waals surface area contributed by atoms with Gasteiger partial charge in [0.2, 0.25) is 0 Å². The summed E-state index contributed by atoms with van der Waals surface area (Å²) >= 11 is 5.93. The van der Waals surface area contributed by atoms with Crippen LogP contribution in [-0.2, 0) is 0 Å². The predicted molar refractivity (Wildman–Crippen MR) is 73.2 cm³/mol. The zero-order valence-corrected chi connectivity index (χ0v) is 11.7. The zero-order valence-electron chi connectivity index (χ0n) is 11.0. The molecule has 0 aliphatic rings. The van der Waals surface area contributed by atoms with Gasteiger partial charge in [-0.3, -0.25) is 0 Å². The predicted octanol–water partition coefficient (Wildman–Crippen LogP) is 4.02. The van der Waals surface area contributed by atoms with Crippen molar-refractivity contribution in [1.82, 2.24) is 0 Å². The molecule has 0 heterocycles. The highest BCUT2D eigenvalue weighted by Gasteiger charge is 2.22. The summed E-state index contributed by atoms with van der Waals surface area (Å²) in [5.74, 6) is -0.892. The Kier molecular flexibility index (Phi) is 4.26. The van der Waals surface area contributed by atoms with Gasteiger partial charge in [0.1, 0.15) is 23.5 Å². The van der Waals surface area contributed by atoms with Crippen molar-refractivity contribution < 1.29 is 18.6 Å². The van der Waals surface area contributed by atoms with Crippen molar-refractivity contribution in [3.8, 4) is 5.75 Å². The molecule has 20 heavy (non-hydrogen) atoms. The molecule has 0 spiro atoms. The fourth-order valence-corrected chi connectivity index (χ4v) is 2.26. The lowest BCUT2D eigenvalue weighted by molar-refractivity contribution is 0.209. The van der Waals surface area contributed by atoms with Crippen molar-refractivity contribution in [2.24, 2.45) is 0 Å². The highest BCUT2D eigenvalue weighted by Crippen LogP contribution is 2.36. The summed E-state index contributed by atoms with van der Waals surface area (Å²) in [6.07, 6.45) is -1.34. The average Bonchev–Trinajstić information content (AvgIpc) is 2.41. The van der Waals surface area contributed by atoms with Crippen molar-refractivity contribution in [2.75, 3.05) is 7.11 Å². The van der Waals surface area contributed by atoms with Crippen molar-refractivity contribution >= 4 is 11.6 Å². The van der Waals surface area contributed by atoms with Gasteiger partial charge in [-0.05, 0) is 36.8 Å². The van der Waals surface area contributed by atoms with E-state index in [9.17, 15) is 13.9 Å². The molecule has 1 N–H and O–H groups in total. The molecule has 1 unspecified atom stereocenters. The first-order valence-electron chi connectivity index (χ1n) is 5.91. The average molecular weight is 299 g/mol. The Balaban J connectivity index is 2.57. The summed E-state index contributed by atoms with van der Waals surface area (Å²) in [6.45, 7) is 1.54. The standard InChI is InChI=1S/C15H13ClF2O2/c1-8-6-9(10(16)7-12(8)18)15(19)14-11(17)4-3-5-13(14)20-2/h3-7,15,19H,1-2H3. The van der Waals surface area contributed by atoms with Crippen LogP contribution in [0.4, 0.5) is 8.78 Å². The molecule has 0 aromatic heterocycles. The van der Waals surface area contributed by atoms with Gasteiger partial charge < -0.3 is 9.84 Å². The third kappa shape index (κ3) is 2.62. The molecule has 2 aromatic rings. The number of hydrogen-bond donors (Lipinski definition) is 1. The largest absolute Gasteiger partial charge is 0.496 e. The zero-order chi connectivity index (χ0) is 14.9. The molecule has 106 valence electrons. The minimum Gasteiger partial charge on any atom is -0.496 e. The van der Waals surface area contributed by atoms with Gasteiger partial charge in [0.25, 0.3) is 0 Å². The topological polar surface area (TPSA) is 29.5 Å². The highest BCUT2D eigenvalue weighted by molar-refractivity contribution is 6.31. The minimum atomic E-state index is -1.34. The number of halogens is 3. The van der Waals surface area contributed by atoms with Crippen molar-refractivity contribution in [3.63, 3.8) is 0 Å². The van der Waals surface area contributed by atoms with Crippen LogP contribution < -0.4 is 4.74 Å². The van der Waals surface area contributed by atoms with Crippen LogP contribution in [-0.4, -0.2) is 12.2 Å². The number of ether oxygens (including phenoxy) is 1. The van der Waals surface area contributed by atoms with Crippen molar-refractivity contribution in [1.29, 1.82) is 0 Å². The van der Waals surface area contributed by atoms with Gasteiger partial charge in [-0.2, -0.15) is 0 Å². The van der Waals surface area contributed by atoms with Crippen LogP contribution in [0, 0.1) is 18.6 Å². The van der Waals surface area contributed by atoms with Crippen molar-refractivity contribution in [2.45, 2.75) is 13.0 Å². The van der Waals surface area contributed by atoms with E-state index in [4.69, 9.17) is 16.3 Å². The molecule has 2 nitrogen and oxygen atoms in total. The van der Waals surface area contributed by atoms with E-state index in [1.165, 1.54) is 31.4 Å². The van der Waals surface area contributed by atoms with Crippen LogP contribution >= 0.6 is 11.6 Å². The number of benzene rings is 2. The highest BCUT2D eigenvalue weighted by atomic mass is 35.5. The third-order valence-electron chi connectivity index (χ3n) is 3.08. The van der Waals surface area contributed by atoms with E-state index < -0.39 is 17.7 Å². The summed E-state index contributed by atoms with van der Waals surface area (Å²) in [5.41, 5.74) is 0.524. The Morgan fingerprint density at radius 3 is 2.55 bits per heavy atom. The van der Waals surface area contributed by atoms with Gasteiger partial charge in [0.05, 0.1) is 12.7 Å². The Morgan fingerprint density at radius 1 is 1.20 bits per heavy atom. The molecule has 1 atom stereocenters. The van der Waals surface area contributed by atoms with E-state index in [2.05, 4.69) is 0 Å². The van der Waals surface area contributed by atoms with Crippen LogP contribution in [0.3, 0.4) is 0 Å². The normalized spacial score (nSPS) is 12.3. The third-order valence-corrected chi connectivity index (χ3v) is 3.41. The number of hydrogen-bond acceptors (Lipinski definition) is 2. The maximum atomic E-state index is 13.9. The Hall–Kier alpha value is -1.65. The molecule has 0 aliphatic carbocycles. The van der Waals surface area contributed by atoms with Gasteiger partial charge in [0.15, 0.2) is 0 Å². The Labute approximate surface area is 120 Å². The van der Waals surface area contributed by atoms with E-state index in [-0.39, 0.29) is 21.9 Å². The first-order chi connectivity index (χ1) is 9.45. The second kappa shape index (κ2) is 5.77. The summed E-state index contributed by atoms with van der Waals surface area (Å²) in [4.78, 5) is 0. The summed E-state index contributed by atoms with van der Waals surface area (Å²) in [6, 6.07) is 6.72. The van der Waals surface area contributed by atoms with Crippen LogP contribution in [0.2, 0.25) is 5.02 Å². The van der Waals surface area contributed by atoms with Crippen LogP contribution in [0.15, 0.2) is 30.3 Å². The molecule has 2 aromatic carbocycles. The molecule has 0 saturated heterocycles. The molecule has 5 heteroatoms. The first kappa shape index (κ1) is 14.8. The molecular formula is C15H13ClF2O2. The lowest BCUT2D eigenvalue weighted by Crippen LogP contribution is -2.07. The lowest BCUT2D eigenvalue weighted by Gasteiger charge is -2.17. The molecule has 0 bridgehead atoms. The van der Waals surface area contributed by atoms with Crippen LogP contribution in [0.1, 0.15) is 22.8 Å². The van der Waals surface area contributed by atoms with Gasteiger partial charge in [-0.1, -0.05) is 17.7 Å². The molecule has 0 aliphatic heterocycles. The summed E-state index contributed by atoms with van der Waals surface area (Å²) in [5, 5.41) is 10.4. The fourth-order valence-electron chi connectivity index (χ4n) is 2.01. The second-order valence-corrected chi connectivity index (χ2v) is 4.79. The van der Waals surface area contributed by atoms with Crippen LogP contribution in [0.5, 0.6) is 5.75 Å². The first-order valence-corrected chi connectivity index (χ1v) is 6.29. The van der Waals surface area contributed by atoms with Crippen molar-refractivity contribution in [3.05, 3.63) is 63.7 Å². The maximum Gasteiger partial charge on any atom is 0.133 e. The number of aliphatic hydroxyl groups excluding tert-OH is 1. The van der Waals surface area contributed by atoms with Gasteiger partial charge in [-0.25, -0.2) is 8.78 Å². The molecule has 2 rings (SSSR count). The van der Waals surface area contributed by atoms with Crippen LogP contribution in [0.25, 0.3) is 0 Å². The molecule has 0 radical (unpaired) electrons. The fraction of sp³-hybridized carbons (Fsp3) is 0.200. The lowest BCUT2D eigenvalue weighted by atomic mass is 9.98. The number of aryl methyl sites for hydroxylation is 1. The SMILES string of the molecule is COc1cccc(F)c1C(O)c1cc(C)c(F)cc1Cl.